The zero-order valence-electron chi connectivity index (χ0n) is 10.2. The summed E-state index contributed by atoms with van der Waals surface area (Å²) in [5, 5.41) is 8.59. The Bertz CT molecular complexity index is 582. The molecule has 2 aromatic carbocycles. The Labute approximate surface area is 106 Å². The average Bonchev–Trinajstić information content (AvgIpc) is 2.35. The molecular weight excluding hydrogens is 224 g/mol. The van der Waals surface area contributed by atoms with Crippen molar-refractivity contribution in [3.05, 3.63) is 53.6 Å². The summed E-state index contributed by atoms with van der Waals surface area (Å²) in [7, 11) is 0. The minimum atomic E-state index is 0.418. The maximum absolute atomic E-state index is 8.59. The van der Waals surface area contributed by atoms with Crippen LogP contribution in [0.25, 0.3) is 0 Å². The van der Waals surface area contributed by atoms with Crippen LogP contribution in [-0.4, -0.2) is 0 Å². The van der Waals surface area contributed by atoms with Crippen molar-refractivity contribution < 1.29 is 4.74 Å². The molecule has 0 saturated heterocycles. The summed E-state index contributed by atoms with van der Waals surface area (Å²) in [6.07, 6.45) is 0.418. The second kappa shape index (κ2) is 5.24. The van der Waals surface area contributed by atoms with Gasteiger partial charge in [0.15, 0.2) is 0 Å². The molecule has 0 bridgehead atoms. The van der Waals surface area contributed by atoms with E-state index in [0.29, 0.717) is 6.42 Å². The third-order valence-corrected chi connectivity index (χ3v) is 2.63. The number of benzene rings is 2. The minimum absolute atomic E-state index is 0.418. The highest BCUT2D eigenvalue weighted by Crippen LogP contribution is 2.26. The third-order valence-electron chi connectivity index (χ3n) is 2.63. The van der Waals surface area contributed by atoms with Gasteiger partial charge in [0.05, 0.1) is 12.5 Å². The molecule has 0 amide bonds. The van der Waals surface area contributed by atoms with Crippen molar-refractivity contribution in [2.45, 2.75) is 13.3 Å². The summed E-state index contributed by atoms with van der Waals surface area (Å²) in [4.78, 5) is 0. The molecule has 0 aliphatic rings. The van der Waals surface area contributed by atoms with E-state index in [4.69, 9.17) is 15.7 Å². The molecule has 0 spiro atoms. The molecule has 2 rings (SSSR count). The highest BCUT2D eigenvalue weighted by molar-refractivity contribution is 5.48. The van der Waals surface area contributed by atoms with Crippen LogP contribution >= 0.6 is 0 Å². The van der Waals surface area contributed by atoms with Crippen LogP contribution < -0.4 is 10.5 Å². The summed E-state index contributed by atoms with van der Waals surface area (Å²) in [6, 6.07) is 15.2. The van der Waals surface area contributed by atoms with Gasteiger partial charge in [-0.2, -0.15) is 5.26 Å². The summed E-state index contributed by atoms with van der Waals surface area (Å²) >= 11 is 0. The molecule has 0 radical (unpaired) electrons. The maximum Gasteiger partial charge on any atom is 0.130 e. The first-order chi connectivity index (χ1) is 8.69. The fraction of sp³-hybridized carbons (Fsp3) is 0.133. The number of nitrogens with two attached hydrogens (primary N) is 1. The number of hydrogen-bond acceptors (Lipinski definition) is 3. The van der Waals surface area contributed by atoms with Crippen LogP contribution in [0.15, 0.2) is 42.5 Å². The molecule has 2 aromatic rings. The van der Waals surface area contributed by atoms with Crippen molar-refractivity contribution in [2.75, 3.05) is 5.73 Å². The lowest BCUT2D eigenvalue weighted by molar-refractivity contribution is 0.479. The molecule has 0 aliphatic heterocycles. The molecule has 0 unspecified atom stereocenters. The zero-order valence-corrected chi connectivity index (χ0v) is 10.2. The second-order valence-corrected chi connectivity index (χ2v) is 4.11. The van der Waals surface area contributed by atoms with E-state index in [1.165, 1.54) is 0 Å². The number of aryl methyl sites for hydroxylation is 1. The number of anilines is 1. The van der Waals surface area contributed by atoms with Gasteiger partial charge >= 0.3 is 0 Å². The van der Waals surface area contributed by atoms with Crippen molar-refractivity contribution in [3.63, 3.8) is 0 Å². The van der Waals surface area contributed by atoms with Crippen LogP contribution in [0.1, 0.15) is 11.1 Å². The number of nitrogens with zero attached hydrogens (tertiary/aromatic N) is 1. The van der Waals surface area contributed by atoms with E-state index in [1.807, 2.05) is 49.4 Å². The summed E-state index contributed by atoms with van der Waals surface area (Å²) in [5.74, 6) is 1.54. The van der Waals surface area contributed by atoms with Crippen molar-refractivity contribution in [1.29, 1.82) is 5.26 Å². The quantitative estimate of drug-likeness (QED) is 0.833. The van der Waals surface area contributed by atoms with E-state index in [2.05, 4.69) is 6.07 Å². The van der Waals surface area contributed by atoms with E-state index in [1.54, 1.807) is 0 Å². The van der Waals surface area contributed by atoms with E-state index < -0.39 is 0 Å². The number of nitriles is 1. The molecule has 0 fully saturated rings. The fourth-order valence-electron chi connectivity index (χ4n) is 1.68. The first-order valence-corrected chi connectivity index (χ1v) is 5.69. The zero-order chi connectivity index (χ0) is 13.0. The van der Waals surface area contributed by atoms with Crippen molar-refractivity contribution in [2.24, 2.45) is 0 Å². The van der Waals surface area contributed by atoms with Crippen LogP contribution in [0.2, 0.25) is 0 Å². The predicted molar refractivity (Wildman–Crippen MR) is 71.4 cm³/mol. The monoisotopic (exact) mass is 238 g/mol. The van der Waals surface area contributed by atoms with Gasteiger partial charge in [-0.15, -0.1) is 0 Å². The Morgan fingerprint density at radius 3 is 2.50 bits per heavy atom. The van der Waals surface area contributed by atoms with E-state index >= 15 is 0 Å². The molecule has 0 heterocycles. The van der Waals surface area contributed by atoms with Gasteiger partial charge < -0.3 is 10.5 Å². The number of hydrogen-bond donors (Lipinski definition) is 1. The SMILES string of the molecule is Cc1cc(N)ccc1Oc1ccc(CC#N)cc1. The lowest BCUT2D eigenvalue weighted by atomic mass is 10.1. The topological polar surface area (TPSA) is 59.0 Å². The van der Waals surface area contributed by atoms with Crippen molar-refractivity contribution in [1.82, 2.24) is 0 Å². The van der Waals surface area contributed by atoms with Gasteiger partial charge in [-0.25, -0.2) is 0 Å². The highest BCUT2D eigenvalue weighted by atomic mass is 16.5. The van der Waals surface area contributed by atoms with Crippen LogP contribution in [0, 0.1) is 18.3 Å². The van der Waals surface area contributed by atoms with Crippen LogP contribution in [-0.2, 0) is 6.42 Å². The molecule has 0 atom stereocenters. The Hall–Kier alpha value is -2.47. The van der Waals surface area contributed by atoms with Gasteiger partial charge in [0.2, 0.25) is 0 Å². The predicted octanol–water partition coefficient (Wildman–Crippen LogP) is 3.44. The largest absolute Gasteiger partial charge is 0.457 e. The summed E-state index contributed by atoms with van der Waals surface area (Å²) in [6.45, 7) is 1.95. The molecule has 18 heavy (non-hydrogen) atoms. The van der Waals surface area contributed by atoms with Crippen LogP contribution in [0.4, 0.5) is 5.69 Å². The van der Waals surface area contributed by atoms with Gasteiger partial charge in [0, 0.05) is 5.69 Å². The average molecular weight is 238 g/mol. The number of nitrogen functional groups attached to an aromatic ring is 1. The second-order valence-electron chi connectivity index (χ2n) is 4.11. The first kappa shape index (κ1) is 12.0. The van der Waals surface area contributed by atoms with E-state index in [-0.39, 0.29) is 0 Å². The van der Waals surface area contributed by atoms with Crippen molar-refractivity contribution >= 4 is 5.69 Å². The Kier molecular flexibility index (Phi) is 3.49. The third kappa shape index (κ3) is 2.80. The van der Waals surface area contributed by atoms with Gasteiger partial charge in [-0.05, 0) is 48.4 Å². The molecule has 3 heteroatoms. The number of rotatable bonds is 3. The number of ether oxygens (including phenoxy) is 1. The Morgan fingerprint density at radius 1 is 1.17 bits per heavy atom. The minimum Gasteiger partial charge on any atom is -0.457 e. The summed E-state index contributed by atoms with van der Waals surface area (Å²) < 4.78 is 5.76. The van der Waals surface area contributed by atoms with Crippen LogP contribution in [0.5, 0.6) is 11.5 Å². The first-order valence-electron chi connectivity index (χ1n) is 5.69. The van der Waals surface area contributed by atoms with Crippen molar-refractivity contribution in [3.8, 4) is 17.6 Å². The molecule has 90 valence electrons. The van der Waals surface area contributed by atoms with Crippen LogP contribution in [0.3, 0.4) is 0 Å². The molecule has 2 N–H and O–H groups in total. The normalized spacial score (nSPS) is 9.78. The molecule has 0 saturated carbocycles. The molecular formula is C15H14N2O. The lowest BCUT2D eigenvalue weighted by Gasteiger charge is -2.09. The van der Waals surface area contributed by atoms with Gasteiger partial charge in [-0.3, -0.25) is 0 Å². The van der Waals surface area contributed by atoms with Gasteiger partial charge in [0.25, 0.3) is 0 Å². The summed E-state index contributed by atoms with van der Waals surface area (Å²) in [5.41, 5.74) is 8.40. The molecule has 0 aliphatic carbocycles. The van der Waals surface area contributed by atoms with E-state index in [0.717, 1.165) is 28.3 Å². The molecule has 0 aromatic heterocycles. The fourth-order valence-corrected chi connectivity index (χ4v) is 1.68. The lowest BCUT2D eigenvalue weighted by Crippen LogP contribution is -1.91. The smallest absolute Gasteiger partial charge is 0.130 e. The standard InChI is InChI=1S/C15H14N2O/c1-11-10-13(17)4-7-15(11)18-14-5-2-12(3-6-14)8-9-16/h2-7,10H,8,17H2,1H3. The molecule has 3 nitrogen and oxygen atoms in total. The Morgan fingerprint density at radius 2 is 1.89 bits per heavy atom. The Balaban J connectivity index is 2.16. The van der Waals surface area contributed by atoms with Gasteiger partial charge in [0.1, 0.15) is 11.5 Å². The maximum atomic E-state index is 8.59. The van der Waals surface area contributed by atoms with E-state index in [9.17, 15) is 0 Å². The highest BCUT2D eigenvalue weighted by Gasteiger charge is 2.02. The van der Waals surface area contributed by atoms with Gasteiger partial charge in [-0.1, -0.05) is 12.1 Å².